The zero-order valence-corrected chi connectivity index (χ0v) is 44.1. The van der Waals surface area contributed by atoms with Gasteiger partial charge in [0.25, 0.3) is 0 Å². The largest absolute Gasteiger partial charge is 0.394 e. The number of carbonyl (C=O) groups excluding carboxylic acids is 1. The second-order valence-electron chi connectivity index (χ2n) is 20.6. The third kappa shape index (κ3) is 50.5. The van der Waals surface area contributed by atoms with Crippen molar-refractivity contribution in [2.45, 2.75) is 347 Å². The number of rotatable bonds is 55. The van der Waals surface area contributed by atoms with Gasteiger partial charge >= 0.3 is 0 Å². The minimum Gasteiger partial charge on any atom is -0.394 e. The van der Waals surface area contributed by atoms with E-state index in [1.54, 1.807) is 6.08 Å². The van der Waals surface area contributed by atoms with Gasteiger partial charge in [-0.3, -0.25) is 4.79 Å². The van der Waals surface area contributed by atoms with Crippen molar-refractivity contribution in [1.82, 2.24) is 5.32 Å². The standard InChI is InChI=1S/C60H117NO4/c1-3-5-7-9-11-13-15-17-19-21-23-25-27-28-29-30-31-32-33-35-37-39-41-43-45-47-49-51-53-55-59(64)60(65)61-57(56-62)58(63)54-52-50-48-46-44-42-40-38-36-34-26-24-22-20-18-16-14-12-10-8-6-4-2/h28-29,52,54,57-59,62-64H,3-27,30-51,53,55-56H2,1-2H3,(H,61,65)/b29-28-,54-52+. The molecule has 4 N–H and O–H groups in total. The highest BCUT2D eigenvalue weighted by atomic mass is 16.3. The van der Waals surface area contributed by atoms with Crippen LogP contribution >= 0.6 is 0 Å². The van der Waals surface area contributed by atoms with E-state index in [4.69, 9.17) is 0 Å². The number of allylic oxidation sites excluding steroid dienone is 3. The highest BCUT2D eigenvalue weighted by molar-refractivity contribution is 5.80. The summed E-state index contributed by atoms with van der Waals surface area (Å²) in [5, 5.41) is 33.4. The van der Waals surface area contributed by atoms with E-state index in [9.17, 15) is 20.1 Å². The van der Waals surface area contributed by atoms with Crippen LogP contribution < -0.4 is 5.32 Å². The Morgan fingerprint density at radius 1 is 0.369 bits per heavy atom. The molecule has 0 aliphatic heterocycles. The summed E-state index contributed by atoms with van der Waals surface area (Å²) in [6.45, 7) is 4.22. The molecule has 0 heterocycles. The molecule has 1 amide bonds. The summed E-state index contributed by atoms with van der Waals surface area (Å²) in [6, 6.07) is -0.797. The van der Waals surface area contributed by atoms with Crippen LogP contribution in [0.3, 0.4) is 0 Å². The van der Waals surface area contributed by atoms with Gasteiger partial charge in [0.05, 0.1) is 18.8 Å². The fourth-order valence-electron chi connectivity index (χ4n) is 9.42. The summed E-state index contributed by atoms with van der Waals surface area (Å²) in [5.74, 6) is -0.498. The number of unbranched alkanes of at least 4 members (excludes halogenated alkanes) is 45. The van der Waals surface area contributed by atoms with Crippen LogP contribution in [0.1, 0.15) is 328 Å². The topological polar surface area (TPSA) is 89.8 Å². The molecule has 0 saturated heterocycles. The first kappa shape index (κ1) is 63.8. The molecule has 0 spiro atoms. The Kier molecular flexibility index (Phi) is 54.4. The molecular weight excluding hydrogens is 799 g/mol. The maximum Gasteiger partial charge on any atom is 0.249 e. The molecule has 0 fully saturated rings. The summed E-state index contributed by atoms with van der Waals surface area (Å²) < 4.78 is 0. The van der Waals surface area contributed by atoms with Gasteiger partial charge in [0.2, 0.25) is 5.91 Å². The average Bonchev–Trinajstić information content (AvgIpc) is 3.31. The average molecular weight is 917 g/mol. The summed E-state index contributed by atoms with van der Waals surface area (Å²) in [6.07, 6.45) is 71.2. The number of hydrogen-bond donors (Lipinski definition) is 4. The van der Waals surface area contributed by atoms with Crippen LogP contribution in [-0.2, 0) is 4.79 Å². The van der Waals surface area contributed by atoms with E-state index in [1.165, 1.54) is 276 Å². The number of amides is 1. The molecule has 0 aliphatic rings. The smallest absolute Gasteiger partial charge is 0.249 e. The van der Waals surface area contributed by atoms with Gasteiger partial charge in [0, 0.05) is 0 Å². The van der Waals surface area contributed by atoms with E-state index >= 15 is 0 Å². The Balaban J connectivity index is 3.54. The molecule has 0 aromatic rings. The molecule has 0 saturated carbocycles. The Bertz CT molecular complexity index is 967. The lowest BCUT2D eigenvalue weighted by Crippen LogP contribution is -2.48. The second kappa shape index (κ2) is 55.4. The van der Waals surface area contributed by atoms with Gasteiger partial charge in [-0.05, 0) is 44.9 Å². The van der Waals surface area contributed by atoms with Crippen molar-refractivity contribution in [1.29, 1.82) is 0 Å². The van der Waals surface area contributed by atoms with Gasteiger partial charge in [-0.25, -0.2) is 0 Å². The highest BCUT2D eigenvalue weighted by Gasteiger charge is 2.22. The summed E-state index contributed by atoms with van der Waals surface area (Å²) >= 11 is 0. The van der Waals surface area contributed by atoms with E-state index in [1.807, 2.05) is 6.08 Å². The van der Waals surface area contributed by atoms with Crippen molar-refractivity contribution in [3.05, 3.63) is 24.3 Å². The van der Waals surface area contributed by atoms with Crippen molar-refractivity contribution in [2.75, 3.05) is 6.61 Å². The van der Waals surface area contributed by atoms with Crippen LogP contribution in [0.25, 0.3) is 0 Å². The predicted octanol–water partition coefficient (Wildman–Crippen LogP) is 18.5. The number of carbonyl (C=O) groups is 1. The van der Waals surface area contributed by atoms with Crippen LogP contribution in [0.4, 0.5) is 0 Å². The van der Waals surface area contributed by atoms with Gasteiger partial charge in [-0.2, -0.15) is 0 Å². The third-order valence-corrected chi connectivity index (χ3v) is 14.0. The number of aliphatic hydroxyl groups is 3. The highest BCUT2D eigenvalue weighted by Crippen LogP contribution is 2.18. The zero-order valence-electron chi connectivity index (χ0n) is 44.1. The maximum absolute atomic E-state index is 12.6. The summed E-state index contributed by atoms with van der Waals surface area (Å²) in [5.41, 5.74) is 0. The normalized spacial score (nSPS) is 13.4. The van der Waals surface area contributed by atoms with Crippen LogP contribution in [0.5, 0.6) is 0 Å². The van der Waals surface area contributed by atoms with Gasteiger partial charge in [0.1, 0.15) is 6.10 Å². The molecule has 5 heteroatoms. The lowest BCUT2D eigenvalue weighted by molar-refractivity contribution is -0.131. The molecular formula is C60H117NO4. The van der Waals surface area contributed by atoms with Gasteiger partial charge in [-0.15, -0.1) is 0 Å². The summed E-state index contributed by atoms with van der Waals surface area (Å²) in [4.78, 5) is 12.6. The van der Waals surface area contributed by atoms with E-state index in [-0.39, 0.29) is 6.61 Å². The van der Waals surface area contributed by atoms with Crippen LogP contribution in [0.15, 0.2) is 24.3 Å². The zero-order chi connectivity index (χ0) is 47.2. The van der Waals surface area contributed by atoms with Crippen LogP contribution in [0.2, 0.25) is 0 Å². The Labute approximate surface area is 407 Å². The predicted molar refractivity (Wildman–Crippen MR) is 287 cm³/mol. The molecule has 386 valence electrons. The van der Waals surface area contributed by atoms with E-state index in [0.29, 0.717) is 6.42 Å². The maximum atomic E-state index is 12.6. The number of aliphatic hydroxyl groups excluding tert-OH is 3. The molecule has 0 rings (SSSR count). The van der Waals surface area contributed by atoms with E-state index < -0.39 is 24.2 Å². The monoisotopic (exact) mass is 916 g/mol. The summed E-state index contributed by atoms with van der Waals surface area (Å²) in [7, 11) is 0. The fraction of sp³-hybridized carbons (Fsp3) is 0.917. The Morgan fingerprint density at radius 2 is 0.615 bits per heavy atom. The SMILES string of the molecule is CCCCCCCCCCCCCC/C=C\CCCCCCCCCCCCCCCC(O)C(=O)NC(CO)C(O)/C=C/CCCCCCCCCCCCCCCCCCCCCC. The molecule has 0 radical (unpaired) electrons. The molecule has 3 unspecified atom stereocenters. The lowest BCUT2D eigenvalue weighted by Gasteiger charge is -2.21. The van der Waals surface area contributed by atoms with Crippen molar-refractivity contribution in [3.63, 3.8) is 0 Å². The van der Waals surface area contributed by atoms with Crippen molar-refractivity contribution < 1.29 is 20.1 Å². The third-order valence-electron chi connectivity index (χ3n) is 14.0. The number of hydrogen-bond acceptors (Lipinski definition) is 4. The molecule has 0 aromatic heterocycles. The van der Waals surface area contributed by atoms with E-state index in [2.05, 4.69) is 31.3 Å². The molecule has 5 nitrogen and oxygen atoms in total. The number of nitrogens with one attached hydrogen (secondary N) is 1. The van der Waals surface area contributed by atoms with Gasteiger partial charge < -0.3 is 20.6 Å². The Hall–Kier alpha value is -1.17. The van der Waals surface area contributed by atoms with Gasteiger partial charge in [-0.1, -0.05) is 308 Å². The molecule has 0 aliphatic carbocycles. The van der Waals surface area contributed by atoms with E-state index in [0.717, 1.165) is 32.1 Å². The second-order valence-corrected chi connectivity index (χ2v) is 20.6. The molecule has 0 bridgehead atoms. The van der Waals surface area contributed by atoms with Crippen LogP contribution in [-0.4, -0.2) is 46.1 Å². The van der Waals surface area contributed by atoms with Crippen molar-refractivity contribution in [3.8, 4) is 0 Å². The fourth-order valence-corrected chi connectivity index (χ4v) is 9.42. The molecule has 3 atom stereocenters. The quantitative estimate of drug-likeness (QED) is 0.0361. The first-order valence-corrected chi connectivity index (χ1v) is 29.7. The molecule has 65 heavy (non-hydrogen) atoms. The van der Waals surface area contributed by atoms with Gasteiger partial charge in [0.15, 0.2) is 0 Å². The van der Waals surface area contributed by atoms with Crippen molar-refractivity contribution in [2.24, 2.45) is 0 Å². The minimum absolute atomic E-state index is 0.360. The first-order chi connectivity index (χ1) is 32.1. The minimum atomic E-state index is -1.10. The van der Waals surface area contributed by atoms with Crippen LogP contribution in [0, 0.1) is 0 Å². The first-order valence-electron chi connectivity index (χ1n) is 29.7. The molecule has 0 aromatic carbocycles. The van der Waals surface area contributed by atoms with Crippen molar-refractivity contribution >= 4 is 5.91 Å². The lowest BCUT2D eigenvalue weighted by atomic mass is 10.0. The Morgan fingerprint density at radius 3 is 0.892 bits per heavy atom.